The lowest BCUT2D eigenvalue weighted by atomic mass is 9.88. The lowest BCUT2D eigenvalue weighted by Crippen LogP contribution is -2.15. The van der Waals surface area contributed by atoms with Crippen molar-refractivity contribution in [2.24, 2.45) is 0 Å². The molecule has 0 fully saturated rings. The van der Waals surface area contributed by atoms with Crippen LogP contribution < -0.4 is 5.32 Å². The van der Waals surface area contributed by atoms with Gasteiger partial charge in [-0.1, -0.05) is 55.8 Å². The average molecular weight is 443 g/mol. The summed E-state index contributed by atoms with van der Waals surface area (Å²) in [5, 5.41) is 12.6. The van der Waals surface area contributed by atoms with Crippen molar-refractivity contribution >= 4 is 22.5 Å². The number of halogens is 1. The molecule has 3 N–H and O–H groups in total. The number of aromatic nitrogens is 1. The van der Waals surface area contributed by atoms with E-state index in [1.54, 1.807) is 0 Å². The van der Waals surface area contributed by atoms with Crippen LogP contribution in [0.2, 0.25) is 0 Å². The Kier molecular flexibility index (Phi) is 5.73. The molecule has 0 spiro atoms. The van der Waals surface area contributed by atoms with Crippen molar-refractivity contribution in [2.45, 2.75) is 39.0 Å². The van der Waals surface area contributed by atoms with Gasteiger partial charge >= 0.3 is 0 Å². The van der Waals surface area contributed by atoms with E-state index in [9.17, 15) is 4.79 Å². The number of aryl methyl sites for hydroxylation is 3. The molecular formula is C28H27FN2O2. The first-order valence-corrected chi connectivity index (χ1v) is 11.6. The van der Waals surface area contributed by atoms with E-state index in [0.29, 0.717) is 16.8 Å². The van der Waals surface area contributed by atoms with E-state index in [1.165, 1.54) is 5.56 Å². The van der Waals surface area contributed by atoms with Crippen molar-refractivity contribution in [3.63, 3.8) is 0 Å². The third-order valence-corrected chi connectivity index (χ3v) is 6.55. The molecule has 0 bridgehead atoms. The van der Waals surface area contributed by atoms with E-state index < -0.39 is 12.5 Å². The molecule has 5 rings (SSSR count). The first kappa shape index (κ1) is 21.4. The summed E-state index contributed by atoms with van der Waals surface area (Å²) < 4.78 is 15.7. The third-order valence-electron chi connectivity index (χ3n) is 6.55. The third kappa shape index (κ3) is 3.93. The molecule has 0 radical (unpaired) electrons. The minimum atomic E-state index is -0.549. The molecule has 0 saturated carbocycles. The fourth-order valence-electron chi connectivity index (χ4n) is 4.81. The van der Waals surface area contributed by atoms with E-state index >= 15 is 4.39 Å². The summed E-state index contributed by atoms with van der Waals surface area (Å²) in [6.45, 7) is 1.63. The Bertz CT molecular complexity index is 1340. The highest BCUT2D eigenvalue weighted by atomic mass is 19.1. The molecular weight excluding hydrogens is 415 g/mol. The van der Waals surface area contributed by atoms with Crippen LogP contribution in [0.25, 0.3) is 33.3 Å². The van der Waals surface area contributed by atoms with Crippen molar-refractivity contribution in [1.82, 2.24) is 4.98 Å². The Morgan fingerprint density at radius 3 is 2.61 bits per heavy atom. The topological polar surface area (TPSA) is 65.1 Å². The lowest BCUT2D eigenvalue weighted by Gasteiger charge is -2.18. The highest BCUT2D eigenvalue weighted by molar-refractivity contribution is 5.96. The molecule has 33 heavy (non-hydrogen) atoms. The van der Waals surface area contributed by atoms with Crippen molar-refractivity contribution in [1.29, 1.82) is 0 Å². The van der Waals surface area contributed by atoms with E-state index in [1.807, 2.05) is 42.5 Å². The van der Waals surface area contributed by atoms with Gasteiger partial charge in [0.25, 0.3) is 0 Å². The smallest absolute Gasteiger partial charge is 0.250 e. The zero-order valence-electron chi connectivity index (χ0n) is 18.7. The largest absolute Gasteiger partial charge is 0.387 e. The van der Waals surface area contributed by atoms with E-state index in [0.717, 1.165) is 65.4 Å². The predicted octanol–water partition coefficient (Wildman–Crippen LogP) is 6.01. The number of anilines is 1. The van der Waals surface area contributed by atoms with Crippen LogP contribution in [-0.4, -0.2) is 22.6 Å². The first-order chi connectivity index (χ1) is 16.1. The fraction of sp³-hybridized carbons (Fsp3) is 0.250. The number of carbonyl (C=O) groups excluding carboxylic acids is 1. The Hall–Kier alpha value is -3.44. The molecule has 1 amide bonds. The maximum absolute atomic E-state index is 15.7. The molecule has 0 aliphatic heterocycles. The second kappa shape index (κ2) is 8.83. The van der Waals surface area contributed by atoms with Gasteiger partial charge in [0.15, 0.2) is 5.82 Å². The number of hydrogen-bond donors (Lipinski definition) is 3. The molecule has 5 heteroatoms. The summed E-state index contributed by atoms with van der Waals surface area (Å²) in [5.41, 5.74) is 8.15. The number of aromatic amines is 1. The monoisotopic (exact) mass is 442 g/mol. The number of rotatable bonds is 6. The molecule has 168 valence electrons. The summed E-state index contributed by atoms with van der Waals surface area (Å²) in [7, 11) is 0. The standard InChI is InChI=1S/C28H27FN2O2/c1-2-3-4-17-5-7-18(8-6-17)21-13-14-24-23-11-9-19-15-20(30-25(33)16-32)10-12-22(19)27(23)31-28(24)26(21)29/h5-8,10,12-15,31-32H,2-4,9,11,16H2,1H3,(H,30,33). The van der Waals surface area contributed by atoms with Gasteiger partial charge in [-0.3, -0.25) is 4.79 Å². The Morgan fingerprint density at radius 2 is 1.85 bits per heavy atom. The van der Waals surface area contributed by atoms with Crippen LogP contribution in [0.4, 0.5) is 10.1 Å². The highest BCUT2D eigenvalue weighted by Crippen LogP contribution is 2.40. The molecule has 0 saturated heterocycles. The van der Waals surface area contributed by atoms with Gasteiger partial charge in [-0.15, -0.1) is 0 Å². The second-order valence-corrected chi connectivity index (χ2v) is 8.71. The number of benzene rings is 3. The molecule has 1 aromatic heterocycles. The van der Waals surface area contributed by atoms with Crippen molar-refractivity contribution in [2.75, 3.05) is 11.9 Å². The molecule has 0 atom stereocenters. The molecule has 1 heterocycles. The second-order valence-electron chi connectivity index (χ2n) is 8.71. The predicted molar refractivity (Wildman–Crippen MR) is 131 cm³/mol. The van der Waals surface area contributed by atoms with Gasteiger partial charge in [-0.05, 0) is 60.1 Å². The number of unbranched alkanes of at least 4 members (excludes halogenated alkanes) is 1. The van der Waals surface area contributed by atoms with Crippen molar-refractivity contribution in [3.8, 4) is 22.4 Å². The zero-order valence-corrected chi connectivity index (χ0v) is 18.7. The maximum atomic E-state index is 15.7. The van der Waals surface area contributed by atoms with Crippen LogP contribution in [0.15, 0.2) is 54.6 Å². The lowest BCUT2D eigenvalue weighted by molar-refractivity contribution is -0.118. The summed E-state index contributed by atoms with van der Waals surface area (Å²) in [6, 6.07) is 17.8. The number of hydrogen-bond acceptors (Lipinski definition) is 2. The zero-order chi connectivity index (χ0) is 22.9. The molecule has 0 unspecified atom stereocenters. The van der Waals surface area contributed by atoms with Gasteiger partial charge in [0.05, 0.1) is 11.2 Å². The van der Waals surface area contributed by atoms with Crippen LogP contribution in [0, 0.1) is 5.82 Å². The van der Waals surface area contributed by atoms with Crippen molar-refractivity contribution in [3.05, 3.63) is 77.1 Å². The number of nitrogens with one attached hydrogen (secondary N) is 2. The first-order valence-electron chi connectivity index (χ1n) is 11.6. The van der Waals surface area contributed by atoms with Crippen molar-refractivity contribution < 1.29 is 14.3 Å². The molecule has 4 nitrogen and oxygen atoms in total. The highest BCUT2D eigenvalue weighted by Gasteiger charge is 2.23. The maximum Gasteiger partial charge on any atom is 0.250 e. The quantitative estimate of drug-likeness (QED) is 0.342. The van der Waals surface area contributed by atoms with Crippen LogP contribution in [0.5, 0.6) is 0 Å². The van der Waals surface area contributed by atoms with Crippen LogP contribution >= 0.6 is 0 Å². The SMILES string of the molecule is CCCCc1ccc(-c2ccc3c4c([nH]c3c2F)-c2ccc(NC(=O)CO)cc2CC4)cc1. The van der Waals surface area contributed by atoms with Gasteiger partial charge in [0, 0.05) is 22.2 Å². The Balaban J connectivity index is 1.52. The Labute approximate surface area is 192 Å². The van der Waals surface area contributed by atoms with Gasteiger partial charge in [0.2, 0.25) is 5.91 Å². The fourth-order valence-corrected chi connectivity index (χ4v) is 4.81. The average Bonchev–Trinajstić information content (AvgIpc) is 3.23. The number of aliphatic hydroxyl groups is 1. The van der Waals surface area contributed by atoms with Gasteiger partial charge < -0.3 is 15.4 Å². The number of aliphatic hydroxyl groups excluding tert-OH is 1. The number of amides is 1. The van der Waals surface area contributed by atoms with Crippen LogP contribution in [0.1, 0.15) is 36.5 Å². The van der Waals surface area contributed by atoms with E-state index in [2.05, 4.69) is 29.4 Å². The number of carbonyl (C=O) groups is 1. The number of H-pyrrole nitrogens is 1. The van der Waals surface area contributed by atoms with Gasteiger partial charge in [-0.2, -0.15) is 0 Å². The number of fused-ring (bicyclic) bond motifs is 5. The summed E-state index contributed by atoms with van der Waals surface area (Å²) in [4.78, 5) is 14.9. The summed E-state index contributed by atoms with van der Waals surface area (Å²) in [6.07, 6.45) is 4.97. The molecule has 3 aromatic carbocycles. The minimum Gasteiger partial charge on any atom is -0.387 e. The summed E-state index contributed by atoms with van der Waals surface area (Å²) in [5.74, 6) is -0.665. The van der Waals surface area contributed by atoms with Gasteiger partial charge in [-0.25, -0.2) is 4.39 Å². The molecule has 4 aromatic rings. The Morgan fingerprint density at radius 1 is 1.06 bits per heavy atom. The summed E-state index contributed by atoms with van der Waals surface area (Å²) >= 11 is 0. The van der Waals surface area contributed by atoms with Crippen LogP contribution in [0.3, 0.4) is 0 Å². The molecule has 1 aliphatic rings. The normalized spacial score (nSPS) is 12.5. The minimum absolute atomic E-state index is 0.225. The van der Waals surface area contributed by atoms with E-state index in [-0.39, 0.29) is 5.82 Å². The van der Waals surface area contributed by atoms with E-state index in [4.69, 9.17) is 5.11 Å². The van der Waals surface area contributed by atoms with Crippen LogP contribution in [-0.2, 0) is 24.1 Å². The molecule has 1 aliphatic carbocycles. The van der Waals surface area contributed by atoms with Gasteiger partial charge in [0.1, 0.15) is 6.61 Å².